The molecule has 0 radical (unpaired) electrons. The fraction of sp³-hybridized carbons (Fsp3) is 0.333. The second-order valence-electron chi connectivity index (χ2n) is 3.63. The SMILES string of the molecule is CCc1nsc(OCCc2ccccc2N)n1. The number of nitrogens with two attached hydrogens (primary N) is 1. The summed E-state index contributed by atoms with van der Waals surface area (Å²) >= 11 is 1.30. The van der Waals surface area contributed by atoms with E-state index in [0.717, 1.165) is 29.9 Å². The Morgan fingerprint density at radius 1 is 1.35 bits per heavy atom. The van der Waals surface area contributed by atoms with Crippen LogP contribution in [0.15, 0.2) is 24.3 Å². The van der Waals surface area contributed by atoms with Crippen molar-refractivity contribution < 1.29 is 4.74 Å². The van der Waals surface area contributed by atoms with E-state index in [9.17, 15) is 0 Å². The van der Waals surface area contributed by atoms with Crippen LogP contribution in [0.5, 0.6) is 5.19 Å². The van der Waals surface area contributed by atoms with E-state index in [0.29, 0.717) is 11.8 Å². The van der Waals surface area contributed by atoms with Crippen LogP contribution in [-0.2, 0) is 12.8 Å². The molecule has 0 spiro atoms. The van der Waals surface area contributed by atoms with Crippen molar-refractivity contribution in [3.63, 3.8) is 0 Å². The normalized spacial score (nSPS) is 10.4. The Morgan fingerprint density at radius 3 is 2.88 bits per heavy atom. The molecule has 0 aliphatic carbocycles. The minimum absolute atomic E-state index is 0.576. The molecule has 1 aromatic carbocycles. The number of ether oxygens (including phenoxy) is 1. The van der Waals surface area contributed by atoms with E-state index in [1.54, 1.807) is 0 Å². The van der Waals surface area contributed by atoms with Crippen LogP contribution in [0.3, 0.4) is 0 Å². The molecule has 0 aliphatic heterocycles. The maximum Gasteiger partial charge on any atom is 0.293 e. The summed E-state index contributed by atoms with van der Waals surface area (Å²) in [5.74, 6) is 0.837. The smallest absolute Gasteiger partial charge is 0.293 e. The van der Waals surface area contributed by atoms with Crippen molar-refractivity contribution in [2.45, 2.75) is 19.8 Å². The van der Waals surface area contributed by atoms with E-state index in [1.165, 1.54) is 11.5 Å². The summed E-state index contributed by atoms with van der Waals surface area (Å²) < 4.78 is 9.70. The molecule has 2 rings (SSSR count). The Bertz CT molecular complexity index is 484. The number of rotatable bonds is 5. The second-order valence-corrected chi connectivity index (χ2v) is 4.34. The lowest BCUT2D eigenvalue weighted by Crippen LogP contribution is -2.03. The summed E-state index contributed by atoms with van der Waals surface area (Å²) in [6.45, 7) is 2.60. The van der Waals surface area contributed by atoms with Crippen molar-refractivity contribution in [1.29, 1.82) is 0 Å². The average molecular weight is 249 g/mol. The molecule has 1 aromatic heterocycles. The van der Waals surface area contributed by atoms with Crippen LogP contribution in [0.25, 0.3) is 0 Å². The molecule has 0 amide bonds. The maximum atomic E-state index is 5.84. The Labute approximate surface area is 105 Å². The topological polar surface area (TPSA) is 61.0 Å². The van der Waals surface area contributed by atoms with Crippen LogP contribution < -0.4 is 10.5 Å². The van der Waals surface area contributed by atoms with Gasteiger partial charge in [0.15, 0.2) is 0 Å². The molecule has 4 nitrogen and oxygen atoms in total. The first-order valence-corrected chi connectivity index (χ1v) is 6.35. The number of para-hydroxylation sites is 1. The Balaban J connectivity index is 1.85. The Morgan fingerprint density at radius 2 is 2.18 bits per heavy atom. The second kappa shape index (κ2) is 5.63. The number of benzene rings is 1. The number of anilines is 1. The number of aromatic nitrogens is 2. The standard InChI is InChI=1S/C12H15N3OS/c1-2-11-14-12(17-15-11)16-8-7-9-5-3-4-6-10(9)13/h3-6H,2,7-8,13H2,1H3. The van der Waals surface area contributed by atoms with Gasteiger partial charge in [-0.1, -0.05) is 25.1 Å². The van der Waals surface area contributed by atoms with Gasteiger partial charge in [-0.2, -0.15) is 9.36 Å². The first-order valence-electron chi connectivity index (χ1n) is 5.58. The zero-order valence-corrected chi connectivity index (χ0v) is 10.5. The van der Waals surface area contributed by atoms with Crippen LogP contribution >= 0.6 is 11.5 Å². The summed E-state index contributed by atoms with van der Waals surface area (Å²) in [7, 11) is 0. The summed E-state index contributed by atoms with van der Waals surface area (Å²) in [6, 6.07) is 7.82. The molecule has 0 bridgehead atoms. The van der Waals surface area contributed by atoms with Gasteiger partial charge in [-0.3, -0.25) is 0 Å². The zero-order valence-electron chi connectivity index (χ0n) is 9.72. The summed E-state index contributed by atoms with van der Waals surface area (Å²) in [6.07, 6.45) is 1.62. The number of nitrogen functional groups attached to an aromatic ring is 1. The highest BCUT2D eigenvalue weighted by atomic mass is 32.1. The van der Waals surface area contributed by atoms with Crippen molar-refractivity contribution in [2.24, 2.45) is 0 Å². The van der Waals surface area contributed by atoms with E-state index in [1.807, 2.05) is 31.2 Å². The first-order chi connectivity index (χ1) is 8.29. The molecule has 1 heterocycles. The van der Waals surface area contributed by atoms with E-state index in [-0.39, 0.29) is 0 Å². The van der Waals surface area contributed by atoms with Crippen molar-refractivity contribution >= 4 is 17.2 Å². The largest absolute Gasteiger partial charge is 0.469 e. The van der Waals surface area contributed by atoms with E-state index >= 15 is 0 Å². The quantitative estimate of drug-likeness (QED) is 0.826. The van der Waals surface area contributed by atoms with Gasteiger partial charge in [-0.25, -0.2) is 0 Å². The Hall–Kier alpha value is -1.62. The van der Waals surface area contributed by atoms with Crippen molar-refractivity contribution in [2.75, 3.05) is 12.3 Å². The van der Waals surface area contributed by atoms with Crippen LogP contribution in [0.4, 0.5) is 5.69 Å². The molecule has 0 aliphatic rings. The van der Waals surface area contributed by atoms with Gasteiger partial charge in [-0.15, -0.1) is 0 Å². The molecular formula is C12H15N3OS. The Kier molecular flexibility index (Phi) is 3.93. The molecule has 0 fully saturated rings. The van der Waals surface area contributed by atoms with E-state index in [2.05, 4.69) is 9.36 Å². The molecule has 0 saturated heterocycles. The average Bonchev–Trinajstić information content (AvgIpc) is 2.80. The van der Waals surface area contributed by atoms with E-state index in [4.69, 9.17) is 10.5 Å². The van der Waals surface area contributed by atoms with Crippen LogP contribution in [-0.4, -0.2) is 16.0 Å². The predicted molar refractivity (Wildman–Crippen MR) is 69.3 cm³/mol. The summed E-state index contributed by atoms with van der Waals surface area (Å²) in [5, 5.41) is 0.636. The molecule has 0 unspecified atom stereocenters. The molecule has 2 aromatic rings. The van der Waals surface area contributed by atoms with Crippen LogP contribution in [0, 0.1) is 0 Å². The monoisotopic (exact) mass is 249 g/mol. The predicted octanol–water partition coefficient (Wildman–Crippen LogP) is 2.30. The molecule has 5 heteroatoms. The van der Waals surface area contributed by atoms with Gasteiger partial charge in [0, 0.05) is 30.1 Å². The maximum absolute atomic E-state index is 5.84. The lowest BCUT2D eigenvalue weighted by atomic mass is 10.1. The highest BCUT2D eigenvalue weighted by Crippen LogP contribution is 2.16. The minimum Gasteiger partial charge on any atom is -0.469 e. The summed E-state index contributed by atoms with van der Waals surface area (Å²) in [4.78, 5) is 4.24. The zero-order chi connectivity index (χ0) is 12.1. The molecule has 0 saturated carbocycles. The number of hydrogen-bond acceptors (Lipinski definition) is 5. The summed E-state index contributed by atoms with van der Waals surface area (Å²) in [5.41, 5.74) is 7.76. The van der Waals surface area contributed by atoms with Gasteiger partial charge < -0.3 is 10.5 Å². The van der Waals surface area contributed by atoms with Gasteiger partial charge in [0.1, 0.15) is 5.82 Å². The number of hydrogen-bond donors (Lipinski definition) is 1. The molecular weight excluding hydrogens is 234 g/mol. The molecule has 90 valence electrons. The lowest BCUT2D eigenvalue weighted by Gasteiger charge is -2.04. The third-order valence-corrected chi connectivity index (χ3v) is 3.09. The first kappa shape index (κ1) is 11.9. The number of nitrogens with zero attached hydrogens (tertiary/aromatic N) is 2. The molecule has 0 atom stereocenters. The van der Waals surface area contributed by atoms with Gasteiger partial charge in [-0.05, 0) is 11.6 Å². The van der Waals surface area contributed by atoms with E-state index < -0.39 is 0 Å². The fourth-order valence-electron chi connectivity index (χ4n) is 1.45. The molecule has 2 N–H and O–H groups in total. The van der Waals surface area contributed by atoms with Gasteiger partial charge in [0.05, 0.1) is 6.61 Å². The van der Waals surface area contributed by atoms with Crippen LogP contribution in [0.1, 0.15) is 18.3 Å². The highest BCUT2D eigenvalue weighted by Gasteiger charge is 2.03. The fourth-order valence-corrected chi connectivity index (χ4v) is 2.09. The highest BCUT2D eigenvalue weighted by molar-refractivity contribution is 7.07. The van der Waals surface area contributed by atoms with Crippen molar-refractivity contribution in [1.82, 2.24) is 9.36 Å². The third kappa shape index (κ3) is 3.17. The number of aryl methyl sites for hydroxylation is 1. The lowest BCUT2D eigenvalue weighted by molar-refractivity contribution is 0.319. The minimum atomic E-state index is 0.576. The van der Waals surface area contributed by atoms with Gasteiger partial charge in [0.25, 0.3) is 5.19 Å². The van der Waals surface area contributed by atoms with Crippen molar-refractivity contribution in [3.05, 3.63) is 35.7 Å². The van der Waals surface area contributed by atoms with Crippen LogP contribution in [0.2, 0.25) is 0 Å². The van der Waals surface area contributed by atoms with Gasteiger partial charge >= 0.3 is 0 Å². The molecule has 17 heavy (non-hydrogen) atoms. The van der Waals surface area contributed by atoms with Gasteiger partial charge in [0.2, 0.25) is 0 Å². The third-order valence-electron chi connectivity index (χ3n) is 2.42. The van der Waals surface area contributed by atoms with Crippen molar-refractivity contribution in [3.8, 4) is 5.19 Å².